The van der Waals surface area contributed by atoms with E-state index in [1.54, 1.807) is 36.1 Å². The number of ether oxygens (including phenoxy) is 1. The molecular formula is C25H23ClN3O3+. The summed E-state index contributed by atoms with van der Waals surface area (Å²) in [5.41, 5.74) is 6.06. The van der Waals surface area contributed by atoms with Gasteiger partial charge in [-0.3, -0.25) is 9.59 Å². The fourth-order valence-electron chi connectivity index (χ4n) is 3.70. The highest BCUT2D eigenvalue weighted by Gasteiger charge is 2.47. The van der Waals surface area contributed by atoms with Gasteiger partial charge in [-0.15, -0.1) is 10.1 Å². The Hall–Kier alpha value is -3.64. The van der Waals surface area contributed by atoms with Crippen molar-refractivity contribution in [2.75, 3.05) is 7.11 Å². The average molecular weight is 449 g/mol. The van der Waals surface area contributed by atoms with Crippen LogP contribution in [0.5, 0.6) is 5.75 Å². The highest BCUT2D eigenvalue weighted by molar-refractivity contribution is 6.30. The number of carbonyl (C=O) groups is 2. The van der Waals surface area contributed by atoms with Crippen molar-refractivity contribution in [2.24, 2.45) is 0 Å². The Morgan fingerprint density at radius 1 is 1.09 bits per heavy atom. The van der Waals surface area contributed by atoms with Crippen LogP contribution in [0.25, 0.3) is 0 Å². The molecule has 1 saturated heterocycles. The number of methoxy groups -OCH3 is 1. The van der Waals surface area contributed by atoms with E-state index in [4.69, 9.17) is 16.3 Å². The quantitative estimate of drug-likeness (QED) is 0.585. The van der Waals surface area contributed by atoms with Crippen molar-refractivity contribution >= 4 is 29.6 Å². The van der Waals surface area contributed by atoms with E-state index in [1.165, 1.54) is 0 Å². The minimum Gasteiger partial charge on any atom is -0.497 e. The molecule has 1 heterocycles. The number of hydrogen-bond donors (Lipinski definition) is 2. The van der Waals surface area contributed by atoms with Gasteiger partial charge in [0.2, 0.25) is 12.3 Å². The Morgan fingerprint density at radius 3 is 2.47 bits per heavy atom. The third-order valence-electron chi connectivity index (χ3n) is 5.32. The van der Waals surface area contributed by atoms with E-state index in [2.05, 4.69) is 10.7 Å². The molecule has 1 fully saturated rings. The van der Waals surface area contributed by atoms with Crippen molar-refractivity contribution in [3.05, 3.63) is 100 Å². The van der Waals surface area contributed by atoms with Gasteiger partial charge in [-0.25, -0.2) is 0 Å². The van der Waals surface area contributed by atoms with Gasteiger partial charge < -0.3 is 10.1 Å². The Labute approximate surface area is 191 Å². The monoisotopic (exact) mass is 448 g/mol. The largest absolute Gasteiger partial charge is 0.497 e. The summed E-state index contributed by atoms with van der Waals surface area (Å²) in [5, 5.41) is 3.50. The van der Waals surface area contributed by atoms with Crippen LogP contribution >= 0.6 is 11.6 Å². The molecule has 3 aromatic rings. The lowest BCUT2D eigenvalue weighted by atomic mass is 9.99. The molecule has 0 aromatic heterocycles. The molecular weight excluding hydrogens is 426 g/mol. The zero-order valence-corrected chi connectivity index (χ0v) is 18.5. The second-order valence-corrected chi connectivity index (χ2v) is 8.04. The molecule has 162 valence electrons. The molecule has 1 aliphatic heterocycles. The van der Waals surface area contributed by atoms with E-state index in [-0.39, 0.29) is 11.8 Å². The number of rotatable bonds is 5. The zero-order valence-electron chi connectivity index (χ0n) is 17.7. The van der Waals surface area contributed by atoms with Crippen LogP contribution in [0.15, 0.2) is 72.8 Å². The van der Waals surface area contributed by atoms with Crippen LogP contribution < -0.4 is 15.5 Å². The van der Waals surface area contributed by atoms with E-state index in [9.17, 15) is 9.59 Å². The van der Waals surface area contributed by atoms with Gasteiger partial charge in [0.15, 0.2) is 6.04 Å². The first kappa shape index (κ1) is 21.6. The van der Waals surface area contributed by atoms with Gasteiger partial charge in [0.05, 0.1) is 7.11 Å². The molecule has 0 radical (unpaired) electrons. The van der Waals surface area contributed by atoms with Gasteiger partial charge in [0, 0.05) is 21.7 Å². The summed E-state index contributed by atoms with van der Waals surface area (Å²) in [6.45, 7) is 1.92. The number of amides is 2. The van der Waals surface area contributed by atoms with Crippen LogP contribution in [0.3, 0.4) is 0 Å². The van der Waals surface area contributed by atoms with E-state index in [1.807, 2.05) is 61.7 Å². The molecule has 32 heavy (non-hydrogen) atoms. The van der Waals surface area contributed by atoms with Gasteiger partial charge >= 0.3 is 5.91 Å². The molecule has 7 heteroatoms. The maximum Gasteiger partial charge on any atom is 0.304 e. The van der Waals surface area contributed by atoms with Crippen LogP contribution in [0.2, 0.25) is 5.02 Å². The van der Waals surface area contributed by atoms with Crippen LogP contribution in [0, 0.1) is 6.92 Å². The minimum atomic E-state index is -0.793. The first-order valence-corrected chi connectivity index (χ1v) is 10.5. The van der Waals surface area contributed by atoms with Crippen LogP contribution in [-0.2, 0) is 4.79 Å². The Bertz CT molecular complexity index is 1170. The zero-order chi connectivity index (χ0) is 22.7. The van der Waals surface area contributed by atoms with Crippen LogP contribution in [-0.4, -0.2) is 35.9 Å². The second-order valence-electron chi connectivity index (χ2n) is 7.60. The SMILES string of the molecule is COc1ccc(/C=[N+]2\NC(=O)[C@H](NC(=O)c3cccc(C)c3)[C@@H]2c2ccc(Cl)cc2)cc1. The number of aryl methyl sites for hydroxylation is 1. The minimum absolute atomic E-state index is 0.296. The molecule has 0 spiro atoms. The Kier molecular flexibility index (Phi) is 6.23. The fourth-order valence-corrected chi connectivity index (χ4v) is 3.83. The highest BCUT2D eigenvalue weighted by Crippen LogP contribution is 2.27. The Morgan fingerprint density at radius 2 is 1.81 bits per heavy atom. The Balaban J connectivity index is 1.69. The number of hydrazine groups is 1. The smallest absolute Gasteiger partial charge is 0.304 e. The lowest BCUT2D eigenvalue weighted by Gasteiger charge is -2.15. The predicted octanol–water partition coefficient (Wildman–Crippen LogP) is 3.67. The van der Waals surface area contributed by atoms with Gasteiger partial charge in [0.1, 0.15) is 5.75 Å². The molecule has 0 aliphatic carbocycles. The van der Waals surface area contributed by atoms with Crippen LogP contribution in [0.1, 0.15) is 33.1 Å². The molecule has 3 aromatic carbocycles. The van der Waals surface area contributed by atoms with Crippen molar-refractivity contribution in [3.63, 3.8) is 0 Å². The predicted molar refractivity (Wildman–Crippen MR) is 123 cm³/mol. The third-order valence-corrected chi connectivity index (χ3v) is 5.57. The molecule has 0 saturated carbocycles. The van der Waals surface area contributed by atoms with Crippen molar-refractivity contribution in [1.82, 2.24) is 10.7 Å². The summed E-state index contributed by atoms with van der Waals surface area (Å²) in [7, 11) is 1.61. The van der Waals surface area contributed by atoms with Crippen molar-refractivity contribution < 1.29 is 19.0 Å². The van der Waals surface area contributed by atoms with Gasteiger partial charge in [0.25, 0.3) is 5.91 Å². The summed E-state index contributed by atoms with van der Waals surface area (Å²) in [6.07, 6.45) is 1.83. The normalized spacial score (nSPS) is 19.0. The van der Waals surface area contributed by atoms with E-state index in [0.29, 0.717) is 10.6 Å². The molecule has 2 atom stereocenters. The number of nitrogens with one attached hydrogen (secondary N) is 2. The average Bonchev–Trinajstić information content (AvgIpc) is 3.09. The first-order valence-electron chi connectivity index (χ1n) is 10.2. The lowest BCUT2D eigenvalue weighted by molar-refractivity contribution is -0.596. The molecule has 6 nitrogen and oxygen atoms in total. The summed E-state index contributed by atoms with van der Waals surface area (Å²) >= 11 is 6.07. The topological polar surface area (TPSA) is 70.4 Å². The summed E-state index contributed by atoms with van der Waals surface area (Å²) in [6, 6.07) is 20.7. The summed E-state index contributed by atoms with van der Waals surface area (Å²) < 4.78 is 6.93. The highest BCUT2D eigenvalue weighted by atomic mass is 35.5. The van der Waals surface area contributed by atoms with Gasteiger partial charge in [-0.05, 0) is 55.5 Å². The number of nitrogens with zero attached hydrogens (tertiary/aromatic N) is 1. The lowest BCUT2D eigenvalue weighted by Crippen LogP contribution is -2.42. The fraction of sp³-hybridized carbons (Fsp3) is 0.160. The van der Waals surface area contributed by atoms with E-state index >= 15 is 0 Å². The summed E-state index contributed by atoms with van der Waals surface area (Å²) in [5.74, 6) is 0.139. The number of halogens is 1. The number of carbonyl (C=O) groups excluding carboxylic acids is 2. The van der Waals surface area contributed by atoms with E-state index in [0.717, 1.165) is 22.4 Å². The second kappa shape index (κ2) is 9.24. The number of benzene rings is 3. The number of hydrogen-bond acceptors (Lipinski definition) is 3. The standard InChI is InChI=1S/C25H22ClN3O3/c1-16-4-3-5-19(14-16)24(30)27-22-23(18-8-10-20(26)11-9-18)29(28-25(22)31)15-17-6-12-21(32-2)13-7-17/h3-15,22-23H,1-2H3,(H-,27,28,30,31)/p+1/b29-15-/t22-,23+/m1/s1. The van der Waals surface area contributed by atoms with Crippen LogP contribution in [0.4, 0.5) is 0 Å². The number of hydrazone groups is 1. The molecule has 1 aliphatic rings. The van der Waals surface area contributed by atoms with Gasteiger partial charge in [-0.1, -0.05) is 41.4 Å². The maximum atomic E-state index is 12.9. The van der Waals surface area contributed by atoms with Crippen molar-refractivity contribution in [2.45, 2.75) is 19.0 Å². The molecule has 0 bridgehead atoms. The summed E-state index contributed by atoms with van der Waals surface area (Å²) in [4.78, 5) is 25.8. The molecule has 4 rings (SSSR count). The van der Waals surface area contributed by atoms with Gasteiger partial charge in [-0.2, -0.15) is 0 Å². The van der Waals surface area contributed by atoms with Crippen molar-refractivity contribution in [3.8, 4) is 5.75 Å². The van der Waals surface area contributed by atoms with E-state index < -0.39 is 12.1 Å². The molecule has 2 N–H and O–H groups in total. The molecule has 0 unspecified atom stereocenters. The first-order chi connectivity index (χ1) is 15.4. The molecule has 2 amide bonds. The maximum absolute atomic E-state index is 12.9. The third kappa shape index (κ3) is 4.65. The van der Waals surface area contributed by atoms with Crippen molar-refractivity contribution in [1.29, 1.82) is 0 Å².